The quantitative estimate of drug-likeness (QED) is 0.699. The molecule has 28 heavy (non-hydrogen) atoms. The second kappa shape index (κ2) is 9.59. The number of hydrogen-bond acceptors (Lipinski definition) is 4. The highest BCUT2D eigenvalue weighted by Gasteiger charge is 2.28. The van der Waals surface area contributed by atoms with Gasteiger partial charge in [-0.1, -0.05) is 30.3 Å². The molecule has 152 valence electrons. The maximum atomic E-state index is 12.6. The highest BCUT2D eigenvalue weighted by atomic mass is 32.2. The minimum absolute atomic E-state index is 0.341. The molecule has 0 aliphatic heterocycles. The van der Waals surface area contributed by atoms with Crippen LogP contribution in [0.15, 0.2) is 54.6 Å². The summed E-state index contributed by atoms with van der Waals surface area (Å²) < 4.78 is 25.6. The zero-order chi connectivity index (χ0) is 20.7. The van der Waals surface area contributed by atoms with Crippen molar-refractivity contribution in [2.24, 2.45) is 0 Å². The van der Waals surface area contributed by atoms with Gasteiger partial charge in [0.1, 0.15) is 6.04 Å². The fourth-order valence-corrected chi connectivity index (χ4v) is 4.31. The van der Waals surface area contributed by atoms with E-state index < -0.39 is 16.1 Å². The van der Waals surface area contributed by atoms with Crippen LogP contribution >= 0.6 is 0 Å². The topological polar surface area (TPSA) is 69.7 Å². The van der Waals surface area contributed by atoms with Gasteiger partial charge in [-0.15, -0.1) is 0 Å². The van der Waals surface area contributed by atoms with E-state index in [1.54, 1.807) is 37.3 Å². The number of rotatable bonds is 9. The molecule has 0 bridgehead atoms. The van der Waals surface area contributed by atoms with Crippen molar-refractivity contribution in [1.82, 2.24) is 5.32 Å². The number of hydrogen-bond donors (Lipinski definition) is 1. The van der Waals surface area contributed by atoms with Crippen molar-refractivity contribution in [1.29, 1.82) is 0 Å². The van der Waals surface area contributed by atoms with Crippen molar-refractivity contribution >= 4 is 27.3 Å². The third-order valence-corrected chi connectivity index (χ3v) is 5.87. The molecule has 7 heteroatoms. The lowest BCUT2D eigenvalue weighted by molar-refractivity contribution is -0.122. The SMILES string of the molecule is CCN(CC)c1ccc(CNC(=O)[C@H](C)N(c2ccccc2)S(C)(=O)=O)cc1. The number of amides is 1. The van der Waals surface area contributed by atoms with Crippen LogP contribution in [0.3, 0.4) is 0 Å². The number of nitrogens with one attached hydrogen (secondary N) is 1. The number of para-hydroxylation sites is 1. The van der Waals surface area contributed by atoms with Crippen LogP contribution < -0.4 is 14.5 Å². The van der Waals surface area contributed by atoms with Gasteiger partial charge in [-0.05, 0) is 50.6 Å². The van der Waals surface area contributed by atoms with E-state index >= 15 is 0 Å². The zero-order valence-corrected chi connectivity index (χ0v) is 17.7. The number of nitrogens with zero attached hydrogens (tertiary/aromatic N) is 2. The van der Waals surface area contributed by atoms with Gasteiger partial charge in [0, 0.05) is 25.3 Å². The number of benzene rings is 2. The second-order valence-corrected chi connectivity index (χ2v) is 8.49. The van der Waals surface area contributed by atoms with Crippen molar-refractivity contribution in [2.75, 3.05) is 28.6 Å². The molecule has 2 aromatic rings. The first kappa shape index (κ1) is 21.8. The Hall–Kier alpha value is -2.54. The van der Waals surface area contributed by atoms with Gasteiger partial charge in [-0.25, -0.2) is 8.42 Å². The van der Waals surface area contributed by atoms with Crippen LogP contribution in [0, 0.1) is 0 Å². The molecular weight excluding hydrogens is 374 g/mol. The van der Waals surface area contributed by atoms with Gasteiger partial charge in [0.2, 0.25) is 15.9 Å². The van der Waals surface area contributed by atoms with Gasteiger partial charge in [-0.3, -0.25) is 9.10 Å². The summed E-state index contributed by atoms with van der Waals surface area (Å²) in [6.45, 7) is 8.02. The molecule has 0 spiro atoms. The molecule has 1 amide bonds. The lowest BCUT2D eigenvalue weighted by Crippen LogP contribution is -2.47. The Bertz CT molecular complexity index is 864. The number of carbonyl (C=O) groups excluding carboxylic acids is 1. The third kappa shape index (κ3) is 5.48. The van der Waals surface area contributed by atoms with Crippen molar-refractivity contribution in [3.05, 3.63) is 60.2 Å². The molecule has 0 aliphatic rings. The van der Waals surface area contributed by atoms with Gasteiger partial charge in [-0.2, -0.15) is 0 Å². The van der Waals surface area contributed by atoms with Crippen LogP contribution in [0.25, 0.3) is 0 Å². The van der Waals surface area contributed by atoms with Crippen LogP contribution in [0.1, 0.15) is 26.3 Å². The van der Waals surface area contributed by atoms with Gasteiger partial charge >= 0.3 is 0 Å². The zero-order valence-electron chi connectivity index (χ0n) is 16.9. The van der Waals surface area contributed by atoms with Gasteiger partial charge in [0.15, 0.2) is 0 Å². The van der Waals surface area contributed by atoms with Gasteiger partial charge < -0.3 is 10.2 Å². The highest BCUT2D eigenvalue weighted by molar-refractivity contribution is 7.92. The maximum Gasteiger partial charge on any atom is 0.243 e. The van der Waals surface area contributed by atoms with E-state index in [4.69, 9.17) is 0 Å². The Kier molecular flexibility index (Phi) is 7.45. The molecule has 1 atom stereocenters. The monoisotopic (exact) mass is 403 g/mol. The predicted octanol–water partition coefficient (Wildman–Crippen LogP) is 3.00. The Balaban J connectivity index is 2.07. The van der Waals surface area contributed by atoms with Crippen molar-refractivity contribution in [3.63, 3.8) is 0 Å². The molecule has 0 radical (unpaired) electrons. The molecule has 0 saturated carbocycles. The summed E-state index contributed by atoms with van der Waals surface area (Å²) >= 11 is 0. The van der Waals surface area contributed by atoms with Crippen LogP contribution in [-0.2, 0) is 21.4 Å². The average molecular weight is 404 g/mol. The number of sulfonamides is 1. The Morgan fingerprint density at radius 2 is 1.54 bits per heavy atom. The predicted molar refractivity (Wildman–Crippen MR) is 115 cm³/mol. The summed E-state index contributed by atoms with van der Waals surface area (Å²) in [5.74, 6) is -0.345. The molecule has 0 heterocycles. The fourth-order valence-electron chi connectivity index (χ4n) is 3.13. The summed E-state index contributed by atoms with van der Waals surface area (Å²) in [7, 11) is -3.60. The van der Waals surface area contributed by atoms with E-state index in [2.05, 4.69) is 24.1 Å². The third-order valence-electron chi connectivity index (χ3n) is 4.63. The molecular formula is C21H29N3O3S. The Labute approximate surface area is 168 Å². The summed E-state index contributed by atoms with van der Waals surface area (Å²) in [6.07, 6.45) is 1.11. The minimum Gasteiger partial charge on any atom is -0.372 e. The van der Waals surface area contributed by atoms with E-state index in [9.17, 15) is 13.2 Å². The van der Waals surface area contributed by atoms with Crippen molar-refractivity contribution < 1.29 is 13.2 Å². The van der Waals surface area contributed by atoms with E-state index in [0.29, 0.717) is 12.2 Å². The first-order valence-corrected chi connectivity index (χ1v) is 11.3. The smallest absolute Gasteiger partial charge is 0.243 e. The summed E-state index contributed by atoms with van der Waals surface area (Å²) in [5.41, 5.74) is 2.57. The summed E-state index contributed by atoms with van der Waals surface area (Å²) in [4.78, 5) is 14.9. The average Bonchev–Trinajstić information content (AvgIpc) is 2.68. The van der Waals surface area contributed by atoms with E-state index in [0.717, 1.165) is 34.9 Å². The summed E-state index contributed by atoms with van der Waals surface area (Å²) in [6, 6.07) is 15.8. The van der Waals surface area contributed by atoms with Crippen LogP contribution in [0.4, 0.5) is 11.4 Å². The second-order valence-electron chi connectivity index (χ2n) is 6.63. The van der Waals surface area contributed by atoms with Crippen LogP contribution in [0.2, 0.25) is 0 Å². The molecule has 0 fully saturated rings. The first-order chi connectivity index (χ1) is 13.3. The molecule has 2 aromatic carbocycles. The Morgan fingerprint density at radius 3 is 2.04 bits per heavy atom. The van der Waals surface area contributed by atoms with Crippen LogP contribution in [-0.4, -0.2) is 39.7 Å². The minimum atomic E-state index is -3.60. The first-order valence-electron chi connectivity index (χ1n) is 9.44. The van der Waals surface area contributed by atoms with Crippen LogP contribution in [0.5, 0.6) is 0 Å². The van der Waals surface area contributed by atoms with Crippen molar-refractivity contribution in [2.45, 2.75) is 33.4 Å². The molecule has 0 aromatic heterocycles. The molecule has 0 saturated heterocycles. The largest absolute Gasteiger partial charge is 0.372 e. The standard InChI is InChI=1S/C21H29N3O3S/c1-5-23(6-2)19-14-12-18(13-15-19)16-22-21(25)17(3)24(28(4,26)27)20-10-8-7-9-11-20/h7-15,17H,5-6,16H2,1-4H3,(H,22,25)/t17-/m0/s1. The molecule has 6 nitrogen and oxygen atoms in total. The van der Waals surface area contributed by atoms with E-state index in [-0.39, 0.29) is 5.91 Å². The molecule has 0 unspecified atom stereocenters. The van der Waals surface area contributed by atoms with E-state index in [1.165, 1.54) is 0 Å². The number of anilines is 2. The molecule has 1 N–H and O–H groups in total. The normalized spacial score (nSPS) is 12.3. The van der Waals surface area contributed by atoms with Gasteiger partial charge in [0.25, 0.3) is 0 Å². The van der Waals surface area contributed by atoms with E-state index in [1.807, 2.05) is 24.3 Å². The molecule has 2 rings (SSSR count). The highest BCUT2D eigenvalue weighted by Crippen LogP contribution is 2.20. The lowest BCUT2D eigenvalue weighted by Gasteiger charge is -2.28. The van der Waals surface area contributed by atoms with Gasteiger partial charge in [0.05, 0.1) is 11.9 Å². The lowest BCUT2D eigenvalue weighted by atomic mass is 10.2. The van der Waals surface area contributed by atoms with Crippen molar-refractivity contribution in [3.8, 4) is 0 Å². The maximum absolute atomic E-state index is 12.6. The number of carbonyl (C=O) groups is 1. The Morgan fingerprint density at radius 1 is 0.964 bits per heavy atom. The fraction of sp³-hybridized carbons (Fsp3) is 0.381. The molecule has 0 aliphatic carbocycles. The summed E-state index contributed by atoms with van der Waals surface area (Å²) in [5, 5.41) is 2.84.